The van der Waals surface area contributed by atoms with Crippen LogP contribution in [0.15, 0.2) is 58.3 Å². The molecule has 1 aromatic carbocycles. The molecule has 4 aromatic rings. The van der Waals surface area contributed by atoms with E-state index in [4.69, 9.17) is 4.98 Å². The van der Waals surface area contributed by atoms with E-state index in [1.807, 2.05) is 32.0 Å². The third-order valence-corrected chi connectivity index (χ3v) is 10.5. The van der Waals surface area contributed by atoms with Gasteiger partial charge in [-0.15, -0.1) is 11.3 Å². The van der Waals surface area contributed by atoms with Gasteiger partial charge in [0, 0.05) is 12.7 Å². The van der Waals surface area contributed by atoms with E-state index in [0.717, 1.165) is 39.9 Å². The first kappa shape index (κ1) is 24.1. The summed E-state index contributed by atoms with van der Waals surface area (Å²) in [5.41, 5.74) is 3.76. The van der Waals surface area contributed by atoms with Crippen LogP contribution in [0.2, 0.25) is 0 Å². The van der Waals surface area contributed by atoms with Crippen LogP contribution in [0.3, 0.4) is 0 Å². The molecule has 182 valence electrons. The molecule has 1 amide bonds. The summed E-state index contributed by atoms with van der Waals surface area (Å²) in [5, 5.41) is 2.30. The number of pyridine rings is 1. The van der Waals surface area contributed by atoms with Crippen molar-refractivity contribution in [2.45, 2.75) is 49.9 Å². The molecule has 1 fully saturated rings. The number of anilines is 1. The average molecular weight is 527 g/mol. The number of sulfonamides is 1. The molecule has 0 bridgehead atoms. The van der Waals surface area contributed by atoms with E-state index in [9.17, 15) is 13.2 Å². The van der Waals surface area contributed by atoms with Gasteiger partial charge >= 0.3 is 0 Å². The van der Waals surface area contributed by atoms with Crippen LogP contribution in [-0.4, -0.2) is 41.2 Å². The fourth-order valence-corrected chi connectivity index (χ4v) is 8.43. The van der Waals surface area contributed by atoms with Crippen LogP contribution in [0.4, 0.5) is 5.13 Å². The quantitative estimate of drug-likeness (QED) is 0.347. The van der Waals surface area contributed by atoms with Gasteiger partial charge in [0.25, 0.3) is 10.0 Å². The fraction of sp³-hybridized carbons (Fsp3) is 0.320. The number of rotatable bonds is 6. The normalized spacial score (nSPS) is 17.0. The van der Waals surface area contributed by atoms with Crippen molar-refractivity contribution in [2.24, 2.45) is 0 Å². The van der Waals surface area contributed by atoms with Crippen molar-refractivity contribution >= 4 is 54.0 Å². The van der Waals surface area contributed by atoms with Gasteiger partial charge in [0.1, 0.15) is 10.3 Å². The maximum atomic E-state index is 14.1. The van der Waals surface area contributed by atoms with Gasteiger partial charge in [-0.05, 0) is 67.5 Å². The number of carbonyl (C=O) groups is 1. The molecule has 5 rings (SSSR count). The molecule has 1 aliphatic rings. The molecule has 1 saturated heterocycles. The number of hydrogen-bond acceptors (Lipinski definition) is 7. The van der Waals surface area contributed by atoms with Crippen molar-refractivity contribution in [1.82, 2.24) is 14.3 Å². The second kappa shape index (κ2) is 9.77. The van der Waals surface area contributed by atoms with Gasteiger partial charge in [0.2, 0.25) is 5.91 Å². The molecule has 35 heavy (non-hydrogen) atoms. The molecule has 0 aliphatic carbocycles. The highest BCUT2D eigenvalue weighted by Crippen LogP contribution is 2.35. The van der Waals surface area contributed by atoms with Gasteiger partial charge in [0.15, 0.2) is 5.13 Å². The summed E-state index contributed by atoms with van der Waals surface area (Å²) in [6, 6.07) is 12.3. The lowest BCUT2D eigenvalue weighted by Crippen LogP contribution is -2.52. The van der Waals surface area contributed by atoms with Gasteiger partial charge in [-0.1, -0.05) is 36.0 Å². The van der Waals surface area contributed by atoms with Crippen molar-refractivity contribution in [3.63, 3.8) is 0 Å². The van der Waals surface area contributed by atoms with E-state index in [-0.39, 0.29) is 16.7 Å². The minimum Gasteiger partial charge on any atom is -0.281 e. The third-order valence-electron chi connectivity index (χ3n) is 6.16. The van der Waals surface area contributed by atoms with Crippen molar-refractivity contribution in [3.8, 4) is 0 Å². The Bertz CT molecular complexity index is 1450. The molecule has 0 saturated carbocycles. The van der Waals surface area contributed by atoms with Gasteiger partial charge in [-0.3, -0.25) is 14.7 Å². The van der Waals surface area contributed by atoms with Crippen LogP contribution in [0.5, 0.6) is 0 Å². The first-order chi connectivity index (χ1) is 16.8. The fourth-order valence-electron chi connectivity index (χ4n) is 4.51. The van der Waals surface area contributed by atoms with E-state index in [1.54, 1.807) is 28.6 Å². The number of benzene rings is 1. The Kier molecular flexibility index (Phi) is 6.71. The predicted molar refractivity (Wildman–Crippen MR) is 140 cm³/mol. The van der Waals surface area contributed by atoms with Crippen molar-refractivity contribution < 1.29 is 13.2 Å². The van der Waals surface area contributed by atoms with Crippen molar-refractivity contribution in [3.05, 3.63) is 70.9 Å². The van der Waals surface area contributed by atoms with Gasteiger partial charge < -0.3 is 0 Å². The van der Waals surface area contributed by atoms with Crippen LogP contribution in [0.1, 0.15) is 36.1 Å². The molecule has 1 unspecified atom stereocenters. The first-order valence-electron chi connectivity index (χ1n) is 11.5. The van der Waals surface area contributed by atoms with Crippen LogP contribution < -0.4 is 4.90 Å². The number of fused-ring (bicyclic) bond motifs is 1. The highest BCUT2D eigenvalue weighted by atomic mass is 32.2. The lowest BCUT2D eigenvalue weighted by atomic mass is 10.0. The van der Waals surface area contributed by atoms with Gasteiger partial charge in [-0.25, -0.2) is 13.4 Å². The van der Waals surface area contributed by atoms with E-state index >= 15 is 0 Å². The molecule has 10 heteroatoms. The highest BCUT2D eigenvalue weighted by Gasteiger charge is 2.41. The lowest BCUT2D eigenvalue weighted by molar-refractivity contribution is -0.123. The number of amides is 1. The second-order valence-corrected chi connectivity index (χ2v) is 12.8. The molecule has 1 aliphatic heterocycles. The van der Waals surface area contributed by atoms with E-state index in [2.05, 4.69) is 17.1 Å². The van der Waals surface area contributed by atoms with Gasteiger partial charge in [0.05, 0.1) is 22.5 Å². The largest absolute Gasteiger partial charge is 0.281 e. The summed E-state index contributed by atoms with van der Waals surface area (Å²) in [7, 11) is -3.77. The third kappa shape index (κ3) is 4.75. The molecule has 4 heterocycles. The summed E-state index contributed by atoms with van der Waals surface area (Å²) in [5.74, 6) is -0.260. The Morgan fingerprint density at radius 3 is 2.77 bits per heavy atom. The Labute approximate surface area is 213 Å². The first-order valence-corrected chi connectivity index (χ1v) is 14.6. The van der Waals surface area contributed by atoms with E-state index in [1.165, 1.54) is 27.0 Å². The Morgan fingerprint density at radius 2 is 2.03 bits per heavy atom. The molecule has 1 atom stereocenters. The number of aromatic nitrogens is 2. The Hall–Kier alpha value is -2.66. The number of thiazole rings is 1. The highest BCUT2D eigenvalue weighted by molar-refractivity contribution is 7.91. The minimum absolute atomic E-state index is 0.223. The Balaban J connectivity index is 1.56. The Morgan fingerprint density at radius 1 is 1.17 bits per heavy atom. The number of hydrogen-bond donors (Lipinski definition) is 0. The number of nitrogens with zero attached hydrogens (tertiary/aromatic N) is 4. The van der Waals surface area contributed by atoms with Crippen LogP contribution in [0.25, 0.3) is 10.2 Å². The second-order valence-electron chi connectivity index (χ2n) is 8.73. The predicted octanol–water partition coefficient (Wildman–Crippen LogP) is 5.15. The van der Waals surface area contributed by atoms with Crippen LogP contribution in [0, 0.1) is 13.8 Å². The molecule has 3 aromatic heterocycles. The van der Waals surface area contributed by atoms with E-state index < -0.39 is 16.1 Å². The monoisotopic (exact) mass is 526 g/mol. The summed E-state index contributed by atoms with van der Waals surface area (Å²) in [6.07, 6.45) is 3.69. The zero-order valence-corrected chi connectivity index (χ0v) is 22.0. The SMILES string of the molecule is Cc1cc(C)c2nc(N(Cc3ccccn3)C(=O)C3CCCCN3S(=O)(=O)c3cccs3)sc2c1. The summed E-state index contributed by atoms with van der Waals surface area (Å²) in [4.78, 5) is 25.0. The zero-order chi connectivity index (χ0) is 24.6. The molecule has 0 radical (unpaired) electrons. The summed E-state index contributed by atoms with van der Waals surface area (Å²) >= 11 is 2.63. The summed E-state index contributed by atoms with van der Waals surface area (Å²) < 4.78 is 29.5. The number of carbonyl (C=O) groups excluding carboxylic acids is 1. The van der Waals surface area contributed by atoms with Gasteiger partial charge in [-0.2, -0.15) is 4.31 Å². The average Bonchev–Trinajstić information content (AvgIpc) is 3.54. The molecule has 7 nitrogen and oxygen atoms in total. The molecular weight excluding hydrogens is 501 g/mol. The van der Waals surface area contributed by atoms with E-state index in [0.29, 0.717) is 18.1 Å². The molecular formula is C25H26N4O3S3. The smallest absolute Gasteiger partial charge is 0.253 e. The summed E-state index contributed by atoms with van der Waals surface area (Å²) in [6.45, 7) is 4.60. The van der Waals surface area contributed by atoms with Crippen LogP contribution >= 0.6 is 22.7 Å². The molecule has 0 spiro atoms. The minimum atomic E-state index is -3.77. The van der Waals surface area contributed by atoms with Crippen LogP contribution in [-0.2, 0) is 21.4 Å². The number of aryl methyl sites for hydroxylation is 2. The number of piperidine rings is 1. The molecule has 0 N–H and O–H groups in total. The lowest BCUT2D eigenvalue weighted by Gasteiger charge is -2.35. The standard InChI is InChI=1S/C25H26N4O3S3/c1-17-14-18(2)23-21(15-17)34-25(27-23)28(16-19-8-3-5-11-26-19)24(30)20-9-4-6-12-29(20)35(31,32)22-10-7-13-33-22/h3,5,7-8,10-11,13-15,20H,4,6,9,12,16H2,1-2H3. The zero-order valence-electron chi connectivity index (χ0n) is 19.5. The van der Waals surface area contributed by atoms with Crippen molar-refractivity contribution in [1.29, 1.82) is 0 Å². The topological polar surface area (TPSA) is 83.5 Å². The maximum Gasteiger partial charge on any atom is 0.253 e. The maximum absolute atomic E-state index is 14.1. The van der Waals surface area contributed by atoms with Crippen molar-refractivity contribution in [2.75, 3.05) is 11.4 Å². The number of thiophene rings is 1.